The topological polar surface area (TPSA) is 170 Å². The smallest absolute Gasteiger partial charge is 0.390 e. The van der Waals surface area contributed by atoms with Crippen molar-refractivity contribution in [1.29, 1.82) is 0 Å². The molecule has 0 amide bonds. The zero-order valence-electron chi connectivity index (χ0n) is 20.9. The van der Waals surface area contributed by atoms with Crippen LogP contribution in [0.1, 0.15) is 26.5 Å². The first-order valence-electron chi connectivity index (χ1n) is 12.0. The molecule has 2 aromatic carbocycles. The number of phosphoric acid groups is 1. The number of phosphoric ester groups is 1. The quantitative estimate of drug-likeness (QED) is 0.242. The van der Waals surface area contributed by atoms with Gasteiger partial charge in [-0.2, -0.15) is 4.39 Å². The van der Waals surface area contributed by atoms with Crippen LogP contribution in [0.15, 0.2) is 58.3 Å². The maximum absolute atomic E-state index is 13.6. The van der Waals surface area contributed by atoms with Crippen molar-refractivity contribution in [3.8, 4) is 0 Å². The highest BCUT2D eigenvalue weighted by molar-refractivity contribution is 7.48. The van der Waals surface area contributed by atoms with Crippen molar-refractivity contribution in [3.63, 3.8) is 0 Å². The van der Waals surface area contributed by atoms with Crippen LogP contribution >= 0.6 is 7.82 Å². The van der Waals surface area contributed by atoms with Gasteiger partial charge in [0.1, 0.15) is 12.3 Å². The largest absolute Gasteiger partial charge is 0.529 e. The van der Waals surface area contributed by atoms with E-state index in [1.165, 1.54) is 12.0 Å². The molecule has 0 saturated carbocycles. The van der Waals surface area contributed by atoms with E-state index in [4.69, 9.17) is 18.6 Å². The molecular weight excluding hydrogens is 540 g/mol. The van der Waals surface area contributed by atoms with Gasteiger partial charge in [-0.05, 0) is 25.3 Å². The molecule has 0 aliphatic carbocycles. The van der Waals surface area contributed by atoms with Gasteiger partial charge in [0, 0.05) is 11.8 Å². The fraction of sp³-hybridized carbons (Fsp3) is 0.375. The molecular formula is C24H27FN3O10P. The molecule has 5 atom stereocenters. The maximum atomic E-state index is 13.6. The number of ether oxygens (including phenoxy) is 1. The third kappa shape index (κ3) is 6.44. The summed E-state index contributed by atoms with van der Waals surface area (Å²) in [6, 6.07) is 11.6. The Balaban J connectivity index is 1.41. The number of hydroxylamine groups is 1. The fourth-order valence-corrected chi connectivity index (χ4v) is 4.89. The van der Waals surface area contributed by atoms with Crippen LogP contribution in [0.2, 0.25) is 0 Å². The fourth-order valence-electron chi connectivity index (χ4n) is 4.12. The van der Waals surface area contributed by atoms with Gasteiger partial charge in [0.15, 0.2) is 6.04 Å². The minimum absolute atomic E-state index is 0.189. The van der Waals surface area contributed by atoms with Crippen molar-refractivity contribution < 1.29 is 42.4 Å². The molecule has 210 valence electrons. The number of hydrogen-bond donors (Lipinski definition) is 3. The summed E-state index contributed by atoms with van der Waals surface area (Å²) in [5.41, 5.74) is -1.65. The van der Waals surface area contributed by atoms with Crippen LogP contribution in [0.4, 0.5) is 10.1 Å². The number of H-pyrrole nitrogens is 1. The zero-order chi connectivity index (χ0) is 28.3. The number of aliphatic hydroxyl groups excluding tert-OH is 1. The van der Waals surface area contributed by atoms with E-state index in [2.05, 4.69) is 0 Å². The summed E-state index contributed by atoms with van der Waals surface area (Å²) in [4.78, 5) is 53.6. The van der Waals surface area contributed by atoms with E-state index in [0.29, 0.717) is 11.9 Å². The number of aromatic amines is 1. The highest BCUT2D eigenvalue weighted by Gasteiger charge is 2.39. The summed E-state index contributed by atoms with van der Waals surface area (Å²) >= 11 is 0. The van der Waals surface area contributed by atoms with Crippen LogP contribution in [0, 0.1) is 5.82 Å². The minimum Gasteiger partial charge on any atom is -0.390 e. The first kappa shape index (κ1) is 28.6. The first-order valence-corrected chi connectivity index (χ1v) is 13.5. The predicted molar refractivity (Wildman–Crippen MR) is 135 cm³/mol. The number of anilines is 1. The van der Waals surface area contributed by atoms with Crippen LogP contribution in [0.25, 0.3) is 10.8 Å². The summed E-state index contributed by atoms with van der Waals surface area (Å²) in [7, 11) is -4.99. The molecule has 0 radical (unpaired) electrons. The van der Waals surface area contributed by atoms with Crippen LogP contribution in [0.5, 0.6) is 0 Å². The Morgan fingerprint density at radius 1 is 1.28 bits per heavy atom. The lowest BCUT2D eigenvalue weighted by Crippen LogP contribution is -2.40. The average Bonchev–Trinajstić information content (AvgIpc) is 3.27. The molecule has 13 nitrogen and oxygen atoms in total. The number of carbonyl (C=O) groups excluding carboxylic acids is 1. The lowest BCUT2D eigenvalue weighted by molar-refractivity contribution is -0.139. The van der Waals surface area contributed by atoms with Crippen molar-refractivity contribution in [2.75, 3.05) is 18.3 Å². The molecule has 1 aliphatic rings. The predicted octanol–water partition coefficient (Wildman–Crippen LogP) is 1.98. The third-order valence-corrected chi connectivity index (χ3v) is 6.90. The van der Waals surface area contributed by atoms with Crippen molar-refractivity contribution in [2.24, 2.45) is 0 Å². The number of fused-ring (bicyclic) bond motifs is 1. The molecule has 0 bridgehead atoms. The van der Waals surface area contributed by atoms with Crippen LogP contribution in [-0.2, 0) is 28.0 Å². The second kappa shape index (κ2) is 11.8. The summed E-state index contributed by atoms with van der Waals surface area (Å²) in [5, 5.41) is 13.2. The summed E-state index contributed by atoms with van der Waals surface area (Å²) < 4.78 is 42.0. The molecule has 15 heteroatoms. The molecule has 0 spiro atoms. The molecule has 3 N–H and O–H groups in total. The van der Waals surface area contributed by atoms with Gasteiger partial charge in [0.2, 0.25) is 5.82 Å². The second-order valence-corrected chi connectivity index (χ2v) is 10.0. The number of nitrogens with zero attached hydrogens (tertiary/aromatic N) is 2. The summed E-state index contributed by atoms with van der Waals surface area (Å²) in [6.45, 7) is 2.63. The number of hydrogen-bond acceptors (Lipinski definition) is 10. The molecule has 2 heterocycles. The van der Waals surface area contributed by atoms with Gasteiger partial charge in [0.05, 0.1) is 31.2 Å². The van der Waals surface area contributed by atoms with Gasteiger partial charge in [-0.25, -0.2) is 19.2 Å². The van der Waals surface area contributed by atoms with Gasteiger partial charge in [0.25, 0.3) is 5.56 Å². The molecule has 3 aromatic rings. The lowest BCUT2D eigenvalue weighted by atomic mass is 10.1. The average molecular weight is 567 g/mol. The normalized spacial score (nSPS) is 21.4. The Hall–Kier alpha value is -3.39. The number of nitrogens with one attached hydrogen (secondary N) is 1. The maximum Gasteiger partial charge on any atom is 0.529 e. The van der Waals surface area contributed by atoms with Gasteiger partial charge in [-0.3, -0.25) is 28.6 Å². The summed E-state index contributed by atoms with van der Waals surface area (Å²) in [6.07, 6.45) is -3.29. The first-order chi connectivity index (χ1) is 18.5. The Morgan fingerprint density at radius 3 is 2.74 bits per heavy atom. The minimum atomic E-state index is -4.99. The van der Waals surface area contributed by atoms with E-state index in [1.807, 2.05) is 30.3 Å². The Kier molecular flexibility index (Phi) is 8.64. The SMILES string of the molecule is CCON(c1cccc2ccccc12)[C@@H](C)C(=O)OP(=O)(O)OC[C@H]1O[C@@H](n2cc(F)c(=O)[nH]c2=O)C[C@@H]1O. The van der Waals surface area contributed by atoms with E-state index in [0.717, 1.165) is 15.3 Å². The number of aliphatic hydroxyl groups is 1. The standard InChI is InChI=1S/C24H27FN3O10P/c1-3-35-28(18-10-6-8-15-7-4-5-9-16(15)18)14(2)23(31)38-39(33,34)36-13-20-19(29)11-21(37-20)27-12-17(25)22(30)26-24(27)32/h4-10,12,14,19-21,29H,3,11,13H2,1-2H3,(H,33,34)(H,26,30,32)/t14-,19-,20+,21+/m0/s1. The number of carbonyl (C=O) groups is 1. The molecule has 39 heavy (non-hydrogen) atoms. The van der Waals surface area contributed by atoms with Gasteiger partial charge in [-0.1, -0.05) is 36.4 Å². The number of aromatic nitrogens is 2. The van der Waals surface area contributed by atoms with E-state index in [1.54, 1.807) is 24.0 Å². The number of rotatable bonds is 10. The summed E-state index contributed by atoms with van der Waals surface area (Å²) in [5.74, 6) is -2.36. The number of benzene rings is 2. The van der Waals surface area contributed by atoms with Crippen molar-refractivity contribution in [2.45, 2.75) is 44.7 Å². The van der Waals surface area contributed by atoms with E-state index >= 15 is 0 Å². The van der Waals surface area contributed by atoms with E-state index in [-0.39, 0.29) is 13.0 Å². The third-order valence-electron chi connectivity index (χ3n) is 6.01. The molecule has 1 saturated heterocycles. The Bertz CT molecular complexity index is 1510. The van der Waals surface area contributed by atoms with Crippen molar-refractivity contribution in [1.82, 2.24) is 9.55 Å². The second-order valence-electron chi connectivity index (χ2n) is 8.67. The monoisotopic (exact) mass is 567 g/mol. The van der Waals surface area contributed by atoms with Crippen LogP contribution in [-0.4, -0.2) is 57.0 Å². The van der Waals surface area contributed by atoms with Crippen molar-refractivity contribution in [3.05, 3.63) is 75.3 Å². The molecule has 1 aliphatic heterocycles. The van der Waals surface area contributed by atoms with Crippen molar-refractivity contribution >= 4 is 30.3 Å². The van der Waals surface area contributed by atoms with Crippen LogP contribution < -0.4 is 16.3 Å². The molecule has 1 aromatic heterocycles. The zero-order valence-corrected chi connectivity index (χ0v) is 21.8. The Labute approximate surface area is 220 Å². The lowest BCUT2D eigenvalue weighted by Gasteiger charge is -2.29. The van der Waals surface area contributed by atoms with Gasteiger partial charge in [-0.15, -0.1) is 0 Å². The van der Waals surface area contributed by atoms with Gasteiger partial charge < -0.3 is 14.4 Å². The Morgan fingerprint density at radius 2 is 2.00 bits per heavy atom. The van der Waals surface area contributed by atoms with E-state index in [9.17, 15) is 33.3 Å². The highest BCUT2D eigenvalue weighted by Crippen LogP contribution is 2.45. The van der Waals surface area contributed by atoms with E-state index < -0.39 is 61.9 Å². The highest BCUT2D eigenvalue weighted by atomic mass is 31.2. The van der Waals surface area contributed by atoms with Gasteiger partial charge >= 0.3 is 19.5 Å². The molecule has 1 unspecified atom stereocenters. The molecule has 1 fully saturated rings. The molecule has 4 rings (SSSR count). The van der Waals surface area contributed by atoms with Crippen LogP contribution in [0.3, 0.4) is 0 Å². The number of halogens is 1.